The van der Waals surface area contributed by atoms with Gasteiger partial charge in [-0.15, -0.1) is 11.3 Å². The molecule has 2 aromatic carbocycles. The van der Waals surface area contributed by atoms with Gasteiger partial charge in [-0.1, -0.05) is 46.3 Å². The predicted molar refractivity (Wildman–Crippen MR) is 95.2 cm³/mol. The molecule has 106 valence electrons. The highest BCUT2D eigenvalue weighted by molar-refractivity contribution is 9.10. The van der Waals surface area contributed by atoms with Crippen molar-refractivity contribution in [2.24, 2.45) is 0 Å². The highest BCUT2D eigenvalue weighted by Crippen LogP contribution is 2.41. The zero-order valence-corrected chi connectivity index (χ0v) is 15.1. The van der Waals surface area contributed by atoms with Gasteiger partial charge in [0.2, 0.25) is 0 Å². The molecule has 0 radical (unpaired) electrons. The molecule has 1 unspecified atom stereocenters. The largest absolute Gasteiger partial charge is 0.372 e. The number of rotatable bonds is 2. The SMILES string of the molecule is Brc1cccc2c(C(Br)c3ccc4c(c3)COC4)csc12. The molecule has 0 fully saturated rings. The molecular weight excluding hydrogens is 412 g/mol. The molecule has 4 heteroatoms. The minimum Gasteiger partial charge on any atom is -0.372 e. The molecule has 1 aliphatic heterocycles. The van der Waals surface area contributed by atoms with Crippen molar-refractivity contribution >= 4 is 53.3 Å². The number of fused-ring (bicyclic) bond motifs is 2. The average molecular weight is 424 g/mol. The van der Waals surface area contributed by atoms with Gasteiger partial charge >= 0.3 is 0 Å². The van der Waals surface area contributed by atoms with Crippen LogP contribution in [0.2, 0.25) is 0 Å². The molecule has 0 amide bonds. The molecule has 0 saturated carbocycles. The summed E-state index contributed by atoms with van der Waals surface area (Å²) in [6, 6.07) is 13.0. The van der Waals surface area contributed by atoms with Crippen LogP contribution in [0.3, 0.4) is 0 Å². The smallest absolute Gasteiger partial charge is 0.0725 e. The van der Waals surface area contributed by atoms with Crippen LogP contribution in [0, 0.1) is 0 Å². The molecule has 1 aromatic heterocycles. The van der Waals surface area contributed by atoms with Gasteiger partial charge in [0, 0.05) is 9.17 Å². The van der Waals surface area contributed by atoms with Crippen molar-refractivity contribution < 1.29 is 4.74 Å². The number of benzene rings is 2. The average Bonchev–Trinajstić information content (AvgIpc) is 3.13. The van der Waals surface area contributed by atoms with Crippen molar-refractivity contribution in [3.05, 3.63) is 68.5 Å². The molecule has 4 rings (SSSR count). The second-order valence-corrected chi connectivity index (χ2v) is 7.84. The number of thiophene rings is 1. The fourth-order valence-corrected chi connectivity index (χ4v) is 5.25. The first-order chi connectivity index (χ1) is 10.2. The fraction of sp³-hybridized carbons (Fsp3) is 0.176. The lowest BCUT2D eigenvalue weighted by Gasteiger charge is -2.11. The molecule has 1 atom stereocenters. The van der Waals surface area contributed by atoms with Crippen molar-refractivity contribution in [3.63, 3.8) is 0 Å². The molecule has 0 bridgehead atoms. The van der Waals surface area contributed by atoms with Crippen LogP contribution in [0.1, 0.15) is 27.1 Å². The van der Waals surface area contributed by atoms with Crippen molar-refractivity contribution in [2.75, 3.05) is 0 Å². The van der Waals surface area contributed by atoms with Crippen molar-refractivity contribution in [3.8, 4) is 0 Å². The Hall–Kier alpha value is -0.680. The van der Waals surface area contributed by atoms with Gasteiger partial charge in [-0.05, 0) is 55.0 Å². The molecule has 0 N–H and O–H groups in total. The lowest BCUT2D eigenvalue weighted by atomic mass is 10.00. The Balaban J connectivity index is 1.79. The van der Waals surface area contributed by atoms with E-state index in [1.165, 1.54) is 36.8 Å². The third-order valence-corrected chi connectivity index (χ3v) is 6.89. The number of ether oxygens (including phenoxy) is 1. The lowest BCUT2D eigenvalue weighted by molar-refractivity contribution is 0.134. The Morgan fingerprint density at radius 2 is 1.95 bits per heavy atom. The normalized spacial score (nSPS) is 15.3. The number of hydrogen-bond acceptors (Lipinski definition) is 2. The van der Waals surface area contributed by atoms with E-state index >= 15 is 0 Å². The monoisotopic (exact) mass is 422 g/mol. The van der Waals surface area contributed by atoms with Gasteiger partial charge < -0.3 is 4.74 Å². The van der Waals surface area contributed by atoms with E-state index in [0.29, 0.717) is 0 Å². The Labute approximate surface area is 144 Å². The number of halogens is 2. The van der Waals surface area contributed by atoms with Gasteiger partial charge in [0.15, 0.2) is 0 Å². The van der Waals surface area contributed by atoms with Gasteiger partial charge in [-0.3, -0.25) is 0 Å². The Morgan fingerprint density at radius 1 is 1.10 bits per heavy atom. The van der Waals surface area contributed by atoms with Gasteiger partial charge in [0.05, 0.1) is 18.0 Å². The van der Waals surface area contributed by atoms with Gasteiger partial charge in [0.25, 0.3) is 0 Å². The summed E-state index contributed by atoms with van der Waals surface area (Å²) in [5.41, 5.74) is 5.25. The predicted octanol–water partition coefficient (Wildman–Crippen LogP) is 6.18. The van der Waals surface area contributed by atoms with Crippen LogP contribution in [-0.4, -0.2) is 0 Å². The van der Waals surface area contributed by atoms with Crippen LogP contribution < -0.4 is 0 Å². The molecule has 0 aliphatic carbocycles. The summed E-state index contributed by atoms with van der Waals surface area (Å²) in [5, 5.41) is 3.56. The van der Waals surface area contributed by atoms with E-state index in [1.807, 2.05) is 0 Å². The van der Waals surface area contributed by atoms with Crippen LogP contribution in [0.5, 0.6) is 0 Å². The van der Waals surface area contributed by atoms with Gasteiger partial charge in [-0.25, -0.2) is 0 Å². The summed E-state index contributed by atoms with van der Waals surface area (Å²) in [6.45, 7) is 1.48. The Bertz CT molecular complexity index is 825. The topological polar surface area (TPSA) is 9.23 Å². The van der Waals surface area contributed by atoms with E-state index in [4.69, 9.17) is 4.74 Å². The first-order valence-corrected chi connectivity index (χ1v) is 9.32. The maximum atomic E-state index is 5.51. The third-order valence-electron chi connectivity index (χ3n) is 3.89. The summed E-state index contributed by atoms with van der Waals surface area (Å²) in [5.74, 6) is 0. The fourth-order valence-electron chi connectivity index (χ4n) is 2.77. The highest BCUT2D eigenvalue weighted by atomic mass is 79.9. The summed E-state index contributed by atoms with van der Waals surface area (Å²) in [4.78, 5) is 0.214. The zero-order valence-electron chi connectivity index (χ0n) is 11.1. The van der Waals surface area contributed by atoms with E-state index < -0.39 is 0 Å². The number of alkyl halides is 1. The maximum absolute atomic E-state index is 5.51. The van der Waals surface area contributed by atoms with E-state index in [1.54, 1.807) is 11.3 Å². The summed E-state index contributed by atoms with van der Waals surface area (Å²) >= 11 is 9.30. The van der Waals surface area contributed by atoms with Crippen molar-refractivity contribution in [1.29, 1.82) is 0 Å². The molecule has 2 heterocycles. The van der Waals surface area contributed by atoms with E-state index in [-0.39, 0.29) is 4.83 Å². The summed E-state index contributed by atoms with van der Waals surface area (Å²) in [6.07, 6.45) is 0. The summed E-state index contributed by atoms with van der Waals surface area (Å²) in [7, 11) is 0. The van der Waals surface area contributed by atoms with Gasteiger partial charge in [0.1, 0.15) is 0 Å². The van der Waals surface area contributed by atoms with E-state index in [2.05, 4.69) is 73.6 Å². The van der Waals surface area contributed by atoms with Crippen LogP contribution in [0.25, 0.3) is 10.1 Å². The highest BCUT2D eigenvalue weighted by Gasteiger charge is 2.19. The van der Waals surface area contributed by atoms with Gasteiger partial charge in [-0.2, -0.15) is 0 Å². The van der Waals surface area contributed by atoms with E-state index in [0.717, 1.165) is 13.2 Å². The minimum atomic E-state index is 0.214. The standard InChI is InChI=1S/C17H12Br2OS/c18-15-3-1-2-13-14(9-21-17(13)15)16(19)10-4-5-11-7-20-8-12(11)6-10/h1-6,9,16H,7-8H2. The quantitative estimate of drug-likeness (QED) is 0.447. The molecular formula is C17H12Br2OS. The van der Waals surface area contributed by atoms with Crippen molar-refractivity contribution in [1.82, 2.24) is 0 Å². The molecule has 3 aromatic rings. The molecule has 1 nitrogen and oxygen atoms in total. The molecule has 0 spiro atoms. The summed E-state index contributed by atoms with van der Waals surface area (Å²) < 4.78 is 7.98. The first kappa shape index (κ1) is 13.9. The lowest BCUT2D eigenvalue weighted by Crippen LogP contribution is -1.94. The second kappa shape index (κ2) is 5.51. The maximum Gasteiger partial charge on any atom is 0.0725 e. The molecule has 0 saturated heterocycles. The Kier molecular flexibility index (Phi) is 3.66. The van der Waals surface area contributed by atoms with Crippen LogP contribution >= 0.6 is 43.2 Å². The Morgan fingerprint density at radius 3 is 2.86 bits per heavy atom. The van der Waals surface area contributed by atoms with Crippen molar-refractivity contribution in [2.45, 2.75) is 18.0 Å². The van der Waals surface area contributed by atoms with E-state index in [9.17, 15) is 0 Å². The number of hydrogen-bond donors (Lipinski definition) is 0. The molecule has 21 heavy (non-hydrogen) atoms. The second-order valence-electron chi connectivity index (χ2n) is 5.19. The first-order valence-electron chi connectivity index (χ1n) is 6.73. The molecule has 1 aliphatic rings. The minimum absolute atomic E-state index is 0.214. The van der Waals surface area contributed by atoms with Crippen LogP contribution in [-0.2, 0) is 18.0 Å². The van der Waals surface area contributed by atoms with Crippen LogP contribution in [0.15, 0.2) is 46.3 Å². The zero-order chi connectivity index (χ0) is 14.4. The van der Waals surface area contributed by atoms with Crippen LogP contribution in [0.4, 0.5) is 0 Å². The third kappa shape index (κ3) is 2.38.